The van der Waals surface area contributed by atoms with Gasteiger partial charge in [-0.2, -0.15) is 0 Å². The molecule has 0 spiro atoms. The Morgan fingerprint density at radius 3 is 2.33 bits per heavy atom. The van der Waals surface area contributed by atoms with E-state index in [1.807, 2.05) is 0 Å². The second-order valence-corrected chi connectivity index (χ2v) is 4.69. The van der Waals surface area contributed by atoms with Crippen LogP contribution in [0.3, 0.4) is 0 Å². The zero-order valence-electron chi connectivity index (χ0n) is 10.7. The molecule has 0 bridgehead atoms. The van der Waals surface area contributed by atoms with Crippen molar-refractivity contribution in [3.63, 3.8) is 0 Å². The molecule has 3 aromatic rings. The number of aryl methyl sites for hydroxylation is 2. The van der Waals surface area contributed by atoms with Crippen LogP contribution in [-0.4, -0.2) is 0 Å². The molecule has 0 atom stereocenters. The van der Waals surface area contributed by atoms with E-state index in [1.165, 1.54) is 33.0 Å². The van der Waals surface area contributed by atoms with Gasteiger partial charge >= 0.3 is 0 Å². The molecule has 0 fully saturated rings. The van der Waals surface area contributed by atoms with E-state index in [0.29, 0.717) is 0 Å². The van der Waals surface area contributed by atoms with Crippen molar-refractivity contribution in [2.24, 2.45) is 0 Å². The SMILES string of the molecule is Cc1cc(C)c2cc(-c3ccccc3)[cH-]c2c1.[Zr]. The average molecular weight is 311 g/mol. The first kappa shape index (κ1) is 13.4. The van der Waals surface area contributed by atoms with Gasteiger partial charge in [-0.15, -0.1) is 34.5 Å². The van der Waals surface area contributed by atoms with E-state index >= 15 is 0 Å². The Morgan fingerprint density at radius 1 is 0.889 bits per heavy atom. The van der Waals surface area contributed by atoms with Gasteiger partial charge in [-0.3, -0.25) is 0 Å². The van der Waals surface area contributed by atoms with Gasteiger partial charge in [0.25, 0.3) is 0 Å². The van der Waals surface area contributed by atoms with Crippen LogP contribution in [0, 0.1) is 13.8 Å². The van der Waals surface area contributed by atoms with Gasteiger partial charge in [0.1, 0.15) is 0 Å². The van der Waals surface area contributed by atoms with E-state index in [4.69, 9.17) is 0 Å². The van der Waals surface area contributed by atoms with Crippen LogP contribution >= 0.6 is 0 Å². The summed E-state index contributed by atoms with van der Waals surface area (Å²) in [4.78, 5) is 0. The van der Waals surface area contributed by atoms with Gasteiger partial charge in [0.05, 0.1) is 0 Å². The molecule has 0 aromatic heterocycles. The minimum atomic E-state index is 0. The van der Waals surface area contributed by atoms with Crippen LogP contribution in [-0.2, 0) is 26.2 Å². The van der Waals surface area contributed by atoms with Crippen molar-refractivity contribution < 1.29 is 26.2 Å². The van der Waals surface area contributed by atoms with E-state index in [2.05, 4.69) is 68.4 Å². The van der Waals surface area contributed by atoms with Crippen LogP contribution in [0.25, 0.3) is 21.9 Å². The summed E-state index contributed by atoms with van der Waals surface area (Å²) in [5, 5.41) is 2.72. The second kappa shape index (κ2) is 5.28. The molecule has 0 radical (unpaired) electrons. The van der Waals surface area contributed by atoms with Gasteiger partial charge in [0.2, 0.25) is 0 Å². The average Bonchev–Trinajstić information content (AvgIpc) is 2.74. The zero-order valence-corrected chi connectivity index (χ0v) is 13.2. The van der Waals surface area contributed by atoms with Crippen molar-refractivity contribution in [2.75, 3.05) is 0 Å². The van der Waals surface area contributed by atoms with Gasteiger partial charge in [0, 0.05) is 26.2 Å². The Balaban J connectivity index is 0.00000120. The quantitative estimate of drug-likeness (QED) is 0.564. The predicted molar refractivity (Wildman–Crippen MR) is 74.5 cm³/mol. The third-order valence-electron chi connectivity index (χ3n) is 3.28. The zero-order chi connectivity index (χ0) is 11.8. The fraction of sp³-hybridized carbons (Fsp3) is 0.118. The fourth-order valence-electron chi connectivity index (χ4n) is 2.49. The molecule has 0 aliphatic carbocycles. The smallest absolute Gasteiger partial charge is 0 e. The van der Waals surface area contributed by atoms with E-state index in [-0.39, 0.29) is 26.2 Å². The van der Waals surface area contributed by atoms with E-state index in [0.717, 1.165) is 0 Å². The Morgan fingerprint density at radius 2 is 1.61 bits per heavy atom. The number of fused-ring (bicyclic) bond motifs is 1. The molecule has 0 saturated carbocycles. The predicted octanol–water partition coefficient (Wildman–Crippen LogP) is 4.84. The van der Waals surface area contributed by atoms with E-state index in [9.17, 15) is 0 Å². The van der Waals surface area contributed by atoms with Crippen molar-refractivity contribution in [3.05, 3.63) is 65.7 Å². The molecule has 18 heavy (non-hydrogen) atoms. The molecule has 0 aliphatic rings. The third-order valence-corrected chi connectivity index (χ3v) is 3.28. The molecule has 0 N–H and O–H groups in total. The minimum absolute atomic E-state index is 0. The molecule has 0 aliphatic heterocycles. The summed E-state index contributed by atoms with van der Waals surface area (Å²) in [6.07, 6.45) is 0. The van der Waals surface area contributed by atoms with Crippen molar-refractivity contribution in [1.29, 1.82) is 0 Å². The summed E-state index contributed by atoms with van der Waals surface area (Å²) in [7, 11) is 0. The maximum Gasteiger partial charge on any atom is 0 e. The van der Waals surface area contributed by atoms with Gasteiger partial charge in [-0.05, 0) is 13.8 Å². The van der Waals surface area contributed by atoms with Gasteiger partial charge < -0.3 is 0 Å². The first-order valence-corrected chi connectivity index (χ1v) is 5.97. The van der Waals surface area contributed by atoms with E-state index in [1.54, 1.807) is 0 Å². The minimum Gasteiger partial charge on any atom is -0.144 e. The van der Waals surface area contributed by atoms with Crippen LogP contribution in [0.4, 0.5) is 0 Å². The summed E-state index contributed by atoms with van der Waals surface area (Å²) in [5.74, 6) is 0. The number of benzene rings is 2. The van der Waals surface area contributed by atoms with Crippen LogP contribution in [0.1, 0.15) is 11.1 Å². The molecule has 1 heteroatoms. The van der Waals surface area contributed by atoms with Crippen molar-refractivity contribution >= 4 is 10.8 Å². The Kier molecular flexibility index (Phi) is 3.92. The second-order valence-electron chi connectivity index (χ2n) is 4.69. The third kappa shape index (κ3) is 2.38. The van der Waals surface area contributed by atoms with E-state index < -0.39 is 0 Å². The molecular weight excluding hydrogens is 295 g/mol. The van der Waals surface area contributed by atoms with Gasteiger partial charge in [-0.25, -0.2) is 0 Å². The fourth-order valence-corrected chi connectivity index (χ4v) is 2.49. The molecule has 0 nitrogen and oxygen atoms in total. The van der Waals surface area contributed by atoms with Crippen LogP contribution in [0.2, 0.25) is 0 Å². The monoisotopic (exact) mass is 309 g/mol. The molecule has 3 rings (SSSR count). The number of rotatable bonds is 1. The summed E-state index contributed by atoms with van der Waals surface area (Å²) < 4.78 is 0. The maximum atomic E-state index is 2.29. The summed E-state index contributed by atoms with van der Waals surface area (Å²) in [5.41, 5.74) is 5.30. The Labute approximate surface area is 127 Å². The van der Waals surface area contributed by atoms with Crippen LogP contribution in [0.5, 0.6) is 0 Å². The van der Waals surface area contributed by atoms with Crippen molar-refractivity contribution in [2.45, 2.75) is 13.8 Å². The number of hydrogen-bond donors (Lipinski definition) is 0. The first-order valence-electron chi connectivity index (χ1n) is 5.97. The van der Waals surface area contributed by atoms with Gasteiger partial charge in [-0.1, -0.05) is 53.1 Å². The standard InChI is InChI=1S/C17H15.Zr/c1-12-8-13(2)17-11-15(10-16(17)9-12)14-6-4-3-5-7-14;/h3-11H,1-2H3;/q-1;. The molecule has 3 aromatic carbocycles. The summed E-state index contributed by atoms with van der Waals surface area (Å²) in [6, 6.07) is 19.6. The summed E-state index contributed by atoms with van der Waals surface area (Å²) in [6.45, 7) is 4.34. The van der Waals surface area contributed by atoms with Crippen LogP contribution < -0.4 is 0 Å². The molecule has 0 unspecified atom stereocenters. The van der Waals surface area contributed by atoms with Crippen molar-refractivity contribution in [3.8, 4) is 11.1 Å². The normalized spacial score (nSPS) is 10.3. The number of hydrogen-bond acceptors (Lipinski definition) is 0. The summed E-state index contributed by atoms with van der Waals surface area (Å²) >= 11 is 0. The topological polar surface area (TPSA) is 0 Å². The Bertz CT molecular complexity index is 663. The van der Waals surface area contributed by atoms with Crippen molar-refractivity contribution in [1.82, 2.24) is 0 Å². The molecular formula is C17H15Zr-. The maximum absolute atomic E-state index is 2.29. The molecule has 88 valence electrons. The van der Waals surface area contributed by atoms with Gasteiger partial charge in [0.15, 0.2) is 0 Å². The Hall–Kier alpha value is -1.07. The van der Waals surface area contributed by atoms with Crippen LogP contribution in [0.15, 0.2) is 54.6 Å². The largest absolute Gasteiger partial charge is 0.144 e. The molecule has 0 heterocycles. The molecule has 0 saturated heterocycles. The first-order chi connectivity index (χ1) is 8.24. The molecule has 0 amide bonds.